The molecular weight excluding hydrogens is 292 g/mol. The van der Waals surface area contributed by atoms with Crippen LogP contribution in [-0.2, 0) is 13.0 Å². The van der Waals surface area contributed by atoms with E-state index in [1.54, 1.807) is 12.1 Å². The highest BCUT2D eigenvalue weighted by Crippen LogP contribution is 2.12. The van der Waals surface area contributed by atoms with Crippen LogP contribution in [0.4, 0.5) is 5.69 Å². The van der Waals surface area contributed by atoms with Crippen LogP contribution < -0.4 is 5.32 Å². The zero-order chi connectivity index (χ0) is 16.1. The van der Waals surface area contributed by atoms with Gasteiger partial charge in [-0.3, -0.25) is 10.1 Å². The van der Waals surface area contributed by atoms with Gasteiger partial charge in [-0.05, 0) is 30.7 Å². The van der Waals surface area contributed by atoms with E-state index in [4.69, 9.17) is 0 Å². The molecule has 23 heavy (non-hydrogen) atoms. The summed E-state index contributed by atoms with van der Waals surface area (Å²) in [5.41, 5.74) is 3.24. The summed E-state index contributed by atoms with van der Waals surface area (Å²) < 4.78 is 0. The maximum Gasteiger partial charge on any atom is 0.269 e. The second-order valence-corrected chi connectivity index (χ2v) is 5.40. The lowest BCUT2D eigenvalue weighted by Gasteiger charge is -2.04. The number of non-ortho nitro benzene ring substituents is 1. The minimum absolute atomic E-state index is 0.124. The second-order valence-electron chi connectivity index (χ2n) is 5.40. The summed E-state index contributed by atoms with van der Waals surface area (Å²) in [5.74, 6) is 1.00. The van der Waals surface area contributed by atoms with Crippen LogP contribution in [0.5, 0.6) is 0 Å². The molecule has 2 N–H and O–H groups in total. The van der Waals surface area contributed by atoms with Gasteiger partial charge in [0.2, 0.25) is 0 Å². The van der Waals surface area contributed by atoms with Crippen molar-refractivity contribution in [2.45, 2.75) is 19.4 Å². The number of nitro groups is 1. The Kier molecular flexibility index (Phi) is 4.63. The minimum Gasteiger partial charge on any atom is -0.342 e. The third kappa shape index (κ3) is 3.92. The fraction of sp³-hybridized carbons (Fsp3) is 0.235. The summed E-state index contributed by atoms with van der Waals surface area (Å²) in [6, 6.07) is 14.6. The molecule has 6 nitrogen and oxygen atoms in total. The highest BCUT2D eigenvalue weighted by atomic mass is 16.6. The number of aromatic amines is 1. The molecule has 0 saturated carbocycles. The van der Waals surface area contributed by atoms with Crippen LogP contribution in [0.25, 0.3) is 11.0 Å². The number of fused-ring (bicyclic) bond motifs is 1. The van der Waals surface area contributed by atoms with Crippen LogP contribution in [0.3, 0.4) is 0 Å². The molecule has 118 valence electrons. The van der Waals surface area contributed by atoms with E-state index in [1.165, 1.54) is 12.1 Å². The van der Waals surface area contributed by atoms with Crippen molar-refractivity contribution in [1.29, 1.82) is 0 Å². The summed E-state index contributed by atoms with van der Waals surface area (Å²) >= 11 is 0. The highest BCUT2D eigenvalue weighted by Gasteiger charge is 2.04. The van der Waals surface area contributed by atoms with E-state index in [0.29, 0.717) is 6.54 Å². The van der Waals surface area contributed by atoms with E-state index in [9.17, 15) is 10.1 Å². The molecule has 0 amide bonds. The van der Waals surface area contributed by atoms with Gasteiger partial charge in [-0.25, -0.2) is 4.98 Å². The van der Waals surface area contributed by atoms with E-state index >= 15 is 0 Å². The zero-order valence-electron chi connectivity index (χ0n) is 12.7. The SMILES string of the molecule is O=[N+]([O-])c1ccc(CNCCCc2nc3ccccc3[nH]2)cc1. The molecule has 0 spiro atoms. The number of aryl methyl sites for hydroxylation is 1. The van der Waals surface area contributed by atoms with Gasteiger partial charge in [0.05, 0.1) is 16.0 Å². The van der Waals surface area contributed by atoms with Crippen molar-refractivity contribution >= 4 is 16.7 Å². The average molecular weight is 310 g/mol. The molecule has 0 fully saturated rings. The van der Waals surface area contributed by atoms with Crippen LogP contribution in [0, 0.1) is 10.1 Å². The van der Waals surface area contributed by atoms with Gasteiger partial charge in [0.1, 0.15) is 5.82 Å². The van der Waals surface area contributed by atoms with Gasteiger partial charge in [0.15, 0.2) is 0 Å². The maximum absolute atomic E-state index is 10.6. The van der Waals surface area contributed by atoms with Crippen molar-refractivity contribution in [3.8, 4) is 0 Å². The first-order valence-electron chi connectivity index (χ1n) is 7.60. The maximum atomic E-state index is 10.6. The standard InChI is InChI=1S/C17H18N4O2/c22-21(23)14-9-7-13(8-10-14)12-18-11-3-6-17-19-15-4-1-2-5-16(15)20-17/h1-2,4-5,7-10,18H,3,6,11-12H2,(H,19,20). The molecule has 1 heterocycles. The van der Waals surface area contributed by atoms with Crippen LogP contribution in [0.1, 0.15) is 17.8 Å². The van der Waals surface area contributed by atoms with Crippen molar-refractivity contribution in [1.82, 2.24) is 15.3 Å². The second kappa shape index (κ2) is 7.02. The van der Waals surface area contributed by atoms with Crippen molar-refractivity contribution in [2.24, 2.45) is 0 Å². The first-order chi connectivity index (χ1) is 11.2. The van der Waals surface area contributed by atoms with Gasteiger partial charge < -0.3 is 10.3 Å². The molecule has 0 aliphatic carbocycles. The predicted molar refractivity (Wildman–Crippen MR) is 89.2 cm³/mol. The molecule has 0 aliphatic heterocycles. The molecule has 3 aromatic rings. The number of nitro benzene ring substituents is 1. The summed E-state index contributed by atoms with van der Waals surface area (Å²) in [7, 11) is 0. The topological polar surface area (TPSA) is 83.8 Å². The van der Waals surface area contributed by atoms with Crippen LogP contribution in [0.2, 0.25) is 0 Å². The Morgan fingerprint density at radius 2 is 1.91 bits per heavy atom. The average Bonchev–Trinajstić information content (AvgIpc) is 2.97. The van der Waals surface area contributed by atoms with Crippen LogP contribution >= 0.6 is 0 Å². The Balaban J connectivity index is 1.42. The normalized spacial score (nSPS) is 11.0. The fourth-order valence-corrected chi connectivity index (χ4v) is 2.47. The summed E-state index contributed by atoms with van der Waals surface area (Å²) in [6.07, 6.45) is 1.87. The largest absolute Gasteiger partial charge is 0.342 e. The predicted octanol–water partition coefficient (Wildman–Crippen LogP) is 3.19. The Bertz CT molecular complexity index is 763. The third-order valence-electron chi connectivity index (χ3n) is 3.68. The third-order valence-corrected chi connectivity index (χ3v) is 3.68. The van der Waals surface area contributed by atoms with E-state index in [0.717, 1.165) is 41.8 Å². The highest BCUT2D eigenvalue weighted by molar-refractivity contribution is 5.74. The first-order valence-corrected chi connectivity index (χ1v) is 7.60. The zero-order valence-corrected chi connectivity index (χ0v) is 12.7. The molecule has 0 radical (unpaired) electrons. The number of hydrogen-bond acceptors (Lipinski definition) is 4. The number of imidazole rings is 1. The number of rotatable bonds is 7. The van der Waals surface area contributed by atoms with E-state index < -0.39 is 0 Å². The minimum atomic E-state index is -0.384. The summed E-state index contributed by atoms with van der Waals surface area (Å²) in [6.45, 7) is 1.58. The van der Waals surface area contributed by atoms with Gasteiger partial charge in [-0.15, -0.1) is 0 Å². The molecule has 0 aliphatic rings. The van der Waals surface area contributed by atoms with Crippen LogP contribution in [0.15, 0.2) is 48.5 Å². The number of hydrogen-bond donors (Lipinski definition) is 2. The number of para-hydroxylation sites is 2. The smallest absolute Gasteiger partial charge is 0.269 e. The summed E-state index contributed by atoms with van der Waals surface area (Å²) in [4.78, 5) is 18.1. The molecule has 0 unspecified atom stereocenters. The van der Waals surface area contributed by atoms with Gasteiger partial charge in [-0.1, -0.05) is 24.3 Å². The van der Waals surface area contributed by atoms with Crippen molar-refractivity contribution < 1.29 is 4.92 Å². The van der Waals surface area contributed by atoms with Gasteiger partial charge in [0.25, 0.3) is 5.69 Å². The van der Waals surface area contributed by atoms with Crippen LogP contribution in [-0.4, -0.2) is 21.4 Å². The monoisotopic (exact) mass is 310 g/mol. The fourth-order valence-electron chi connectivity index (χ4n) is 2.47. The quantitative estimate of drug-likeness (QED) is 0.399. The van der Waals surface area contributed by atoms with Crippen molar-refractivity contribution in [3.05, 3.63) is 70.0 Å². The van der Waals surface area contributed by atoms with E-state index in [1.807, 2.05) is 24.3 Å². The van der Waals surface area contributed by atoms with E-state index in [-0.39, 0.29) is 10.6 Å². The number of aromatic nitrogens is 2. The van der Waals surface area contributed by atoms with Crippen molar-refractivity contribution in [2.75, 3.05) is 6.54 Å². The Morgan fingerprint density at radius 1 is 1.13 bits per heavy atom. The molecule has 2 aromatic carbocycles. The molecule has 0 saturated heterocycles. The molecular formula is C17H18N4O2. The number of nitrogens with zero attached hydrogens (tertiary/aromatic N) is 2. The molecule has 0 atom stereocenters. The molecule has 3 rings (SSSR count). The lowest BCUT2D eigenvalue weighted by molar-refractivity contribution is -0.384. The number of H-pyrrole nitrogens is 1. The van der Waals surface area contributed by atoms with E-state index in [2.05, 4.69) is 15.3 Å². The van der Waals surface area contributed by atoms with Gasteiger partial charge in [-0.2, -0.15) is 0 Å². The molecule has 0 bridgehead atoms. The lowest BCUT2D eigenvalue weighted by atomic mass is 10.2. The lowest BCUT2D eigenvalue weighted by Crippen LogP contribution is -2.15. The first kappa shape index (κ1) is 15.2. The number of nitrogens with one attached hydrogen (secondary N) is 2. The Morgan fingerprint density at radius 3 is 2.65 bits per heavy atom. The molecule has 6 heteroatoms. The van der Waals surface area contributed by atoms with Gasteiger partial charge in [0, 0.05) is 25.1 Å². The van der Waals surface area contributed by atoms with Crippen molar-refractivity contribution in [3.63, 3.8) is 0 Å². The Labute approximate surface area is 133 Å². The molecule has 1 aromatic heterocycles. The van der Waals surface area contributed by atoms with Gasteiger partial charge >= 0.3 is 0 Å². The Hall–Kier alpha value is -2.73. The summed E-state index contributed by atoms with van der Waals surface area (Å²) in [5, 5.41) is 13.9. The number of benzene rings is 2.